The predicted molar refractivity (Wildman–Crippen MR) is 135 cm³/mol. The van der Waals surface area contributed by atoms with Gasteiger partial charge in [0.1, 0.15) is 19.8 Å². The van der Waals surface area contributed by atoms with E-state index >= 15 is 0 Å². The number of carbonyl (C=O) groups is 2. The van der Waals surface area contributed by atoms with E-state index in [0.29, 0.717) is 43.4 Å². The van der Waals surface area contributed by atoms with E-state index in [1.165, 1.54) is 12.1 Å². The lowest BCUT2D eigenvalue weighted by Gasteiger charge is -2.26. The Morgan fingerprint density at radius 3 is 2.36 bits per heavy atom. The SMILES string of the molecule is O=C(CN(c1ccc2c(c1)OCCO2)S(=O)(=O)c1ccccc1)Nc1ccc(N2CCCC2=O)cc1. The second kappa shape index (κ2) is 9.90. The van der Waals surface area contributed by atoms with Crippen molar-refractivity contribution in [3.63, 3.8) is 0 Å². The fourth-order valence-electron chi connectivity index (χ4n) is 4.20. The van der Waals surface area contributed by atoms with Crippen LogP contribution < -0.4 is 24.0 Å². The van der Waals surface area contributed by atoms with E-state index in [2.05, 4.69) is 5.32 Å². The summed E-state index contributed by atoms with van der Waals surface area (Å²) in [6.07, 6.45) is 1.35. The molecule has 5 rings (SSSR count). The number of fused-ring (bicyclic) bond motifs is 1. The number of sulfonamides is 1. The molecule has 3 aromatic carbocycles. The number of ether oxygens (including phenoxy) is 2. The van der Waals surface area contributed by atoms with E-state index in [4.69, 9.17) is 9.47 Å². The third kappa shape index (κ3) is 4.85. The molecule has 0 bridgehead atoms. The van der Waals surface area contributed by atoms with Crippen molar-refractivity contribution >= 4 is 38.9 Å². The molecule has 0 unspecified atom stereocenters. The van der Waals surface area contributed by atoms with Crippen molar-refractivity contribution in [1.29, 1.82) is 0 Å². The Morgan fingerprint density at radius 1 is 0.944 bits per heavy atom. The Bertz CT molecular complexity index is 1380. The first-order valence-corrected chi connectivity index (χ1v) is 13.0. The van der Waals surface area contributed by atoms with Gasteiger partial charge in [0, 0.05) is 30.4 Å². The first kappa shape index (κ1) is 23.7. The van der Waals surface area contributed by atoms with Gasteiger partial charge in [-0.2, -0.15) is 0 Å². The molecule has 0 aliphatic carbocycles. The van der Waals surface area contributed by atoms with Crippen molar-refractivity contribution in [3.05, 3.63) is 72.8 Å². The van der Waals surface area contributed by atoms with Crippen molar-refractivity contribution in [2.24, 2.45) is 0 Å². The number of hydrogen-bond donors (Lipinski definition) is 1. The van der Waals surface area contributed by atoms with Crippen LogP contribution in [0.2, 0.25) is 0 Å². The molecule has 2 amide bonds. The number of nitrogens with one attached hydrogen (secondary N) is 1. The van der Waals surface area contributed by atoms with E-state index in [-0.39, 0.29) is 16.5 Å². The Kier molecular flexibility index (Phi) is 6.51. The number of nitrogens with zero attached hydrogens (tertiary/aromatic N) is 2. The summed E-state index contributed by atoms with van der Waals surface area (Å²) in [5.74, 6) is 0.491. The van der Waals surface area contributed by atoms with E-state index in [9.17, 15) is 18.0 Å². The van der Waals surface area contributed by atoms with Gasteiger partial charge in [0.05, 0.1) is 10.6 Å². The summed E-state index contributed by atoms with van der Waals surface area (Å²) in [5, 5.41) is 2.75. The molecule has 0 atom stereocenters. The third-order valence-electron chi connectivity index (χ3n) is 5.97. The molecule has 2 heterocycles. The molecule has 2 aliphatic heterocycles. The molecule has 0 saturated carbocycles. The smallest absolute Gasteiger partial charge is 0.264 e. The number of carbonyl (C=O) groups excluding carboxylic acids is 2. The Morgan fingerprint density at radius 2 is 1.67 bits per heavy atom. The fraction of sp³-hybridized carbons (Fsp3) is 0.231. The van der Waals surface area contributed by atoms with Crippen LogP contribution in [0.25, 0.3) is 0 Å². The van der Waals surface area contributed by atoms with E-state index < -0.39 is 22.5 Å². The summed E-state index contributed by atoms with van der Waals surface area (Å²) < 4.78 is 39.3. The van der Waals surface area contributed by atoms with Gasteiger partial charge in [-0.1, -0.05) is 18.2 Å². The zero-order valence-corrected chi connectivity index (χ0v) is 20.2. The normalized spacial score (nSPS) is 15.0. The van der Waals surface area contributed by atoms with Crippen LogP contribution in [0.4, 0.5) is 17.1 Å². The largest absolute Gasteiger partial charge is 0.486 e. The maximum Gasteiger partial charge on any atom is 0.264 e. The van der Waals surface area contributed by atoms with Crippen LogP contribution in [0.1, 0.15) is 12.8 Å². The molecule has 0 radical (unpaired) electrons. The molecule has 1 fully saturated rings. The van der Waals surface area contributed by atoms with Crippen molar-refractivity contribution in [2.45, 2.75) is 17.7 Å². The van der Waals surface area contributed by atoms with Gasteiger partial charge in [-0.05, 0) is 55.0 Å². The standard InChI is InChI=1S/C26H25N3O6S/c30-25(27-19-8-10-20(11-9-19)28-14-4-7-26(28)31)18-29(36(32,33)22-5-2-1-3-6-22)21-12-13-23-24(17-21)35-16-15-34-23/h1-3,5-6,8-13,17H,4,7,14-16,18H2,(H,27,30). The van der Waals surface area contributed by atoms with Crippen molar-refractivity contribution in [3.8, 4) is 11.5 Å². The minimum Gasteiger partial charge on any atom is -0.486 e. The minimum absolute atomic E-state index is 0.0623. The predicted octanol–water partition coefficient (Wildman–Crippen LogP) is 3.42. The summed E-state index contributed by atoms with van der Waals surface area (Å²) in [5.41, 5.74) is 1.54. The highest BCUT2D eigenvalue weighted by molar-refractivity contribution is 7.92. The highest BCUT2D eigenvalue weighted by Gasteiger charge is 2.29. The summed E-state index contributed by atoms with van der Waals surface area (Å²) in [4.78, 5) is 26.8. The number of benzene rings is 3. The second-order valence-corrected chi connectivity index (χ2v) is 10.3. The van der Waals surface area contributed by atoms with Crippen LogP contribution >= 0.6 is 0 Å². The van der Waals surface area contributed by atoms with Crippen molar-refractivity contribution in [1.82, 2.24) is 0 Å². The Balaban J connectivity index is 1.39. The first-order chi connectivity index (χ1) is 17.4. The molecule has 0 aromatic heterocycles. The van der Waals surface area contributed by atoms with Crippen LogP contribution in [-0.2, 0) is 19.6 Å². The van der Waals surface area contributed by atoms with E-state index in [1.807, 2.05) is 0 Å². The van der Waals surface area contributed by atoms with Crippen LogP contribution in [0, 0.1) is 0 Å². The topological polar surface area (TPSA) is 105 Å². The van der Waals surface area contributed by atoms with Crippen LogP contribution in [0.15, 0.2) is 77.7 Å². The van der Waals surface area contributed by atoms with Gasteiger partial charge in [-0.15, -0.1) is 0 Å². The van der Waals surface area contributed by atoms with Gasteiger partial charge < -0.3 is 19.7 Å². The molecule has 186 valence electrons. The lowest BCUT2D eigenvalue weighted by atomic mass is 10.2. The van der Waals surface area contributed by atoms with Crippen LogP contribution in [0.3, 0.4) is 0 Å². The molecule has 1 N–H and O–H groups in total. The quantitative estimate of drug-likeness (QED) is 0.526. The van der Waals surface area contributed by atoms with Gasteiger partial charge >= 0.3 is 0 Å². The summed E-state index contributed by atoms with van der Waals surface area (Å²) in [7, 11) is -4.06. The number of anilines is 3. The zero-order valence-electron chi connectivity index (χ0n) is 19.4. The van der Waals surface area contributed by atoms with Crippen LogP contribution in [-0.4, -0.2) is 46.5 Å². The minimum atomic E-state index is -4.06. The molecule has 3 aromatic rings. The number of amides is 2. The monoisotopic (exact) mass is 507 g/mol. The Labute approximate surface area is 209 Å². The van der Waals surface area contributed by atoms with Crippen molar-refractivity contribution in [2.75, 3.05) is 40.8 Å². The molecule has 9 nitrogen and oxygen atoms in total. The van der Waals surface area contributed by atoms with E-state index in [0.717, 1.165) is 16.4 Å². The van der Waals surface area contributed by atoms with Gasteiger partial charge in [0.2, 0.25) is 11.8 Å². The molecule has 2 aliphatic rings. The average Bonchev–Trinajstić information content (AvgIpc) is 3.33. The zero-order chi connectivity index (χ0) is 25.1. The lowest BCUT2D eigenvalue weighted by molar-refractivity contribution is -0.117. The molecular weight excluding hydrogens is 482 g/mol. The third-order valence-corrected chi connectivity index (χ3v) is 7.76. The summed E-state index contributed by atoms with van der Waals surface area (Å²) in [6.45, 7) is 0.975. The number of hydrogen-bond acceptors (Lipinski definition) is 6. The Hall–Kier alpha value is -4.05. The maximum absolute atomic E-state index is 13.5. The fourth-order valence-corrected chi connectivity index (χ4v) is 5.63. The summed E-state index contributed by atoms with van der Waals surface area (Å²) in [6, 6.07) is 19.6. The van der Waals surface area contributed by atoms with Crippen molar-refractivity contribution < 1.29 is 27.5 Å². The highest BCUT2D eigenvalue weighted by Crippen LogP contribution is 2.35. The first-order valence-electron chi connectivity index (χ1n) is 11.6. The lowest BCUT2D eigenvalue weighted by Crippen LogP contribution is -2.38. The average molecular weight is 508 g/mol. The molecular formula is C26H25N3O6S. The maximum atomic E-state index is 13.5. The molecule has 10 heteroatoms. The van der Waals surface area contributed by atoms with Gasteiger partial charge in [0.15, 0.2) is 11.5 Å². The number of rotatable bonds is 7. The van der Waals surface area contributed by atoms with Gasteiger partial charge in [0.25, 0.3) is 10.0 Å². The molecule has 36 heavy (non-hydrogen) atoms. The molecule has 1 saturated heterocycles. The van der Waals surface area contributed by atoms with Gasteiger partial charge in [-0.3, -0.25) is 13.9 Å². The second-order valence-electron chi connectivity index (χ2n) is 8.40. The van der Waals surface area contributed by atoms with Gasteiger partial charge in [-0.25, -0.2) is 8.42 Å². The van der Waals surface area contributed by atoms with E-state index in [1.54, 1.807) is 65.6 Å². The molecule has 0 spiro atoms. The van der Waals surface area contributed by atoms with Crippen LogP contribution in [0.5, 0.6) is 11.5 Å². The highest BCUT2D eigenvalue weighted by atomic mass is 32.2. The summed E-state index contributed by atoms with van der Waals surface area (Å²) >= 11 is 0.